The minimum Gasteiger partial charge on any atom is -0.490 e. The number of anilines is 1. The molecule has 0 radical (unpaired) electrons. The molecule has 3 rings (SSSR count). The van der Waals surface area contributed by atoms with Gasteiger partial charge >= 0.3 is 0 Å². The van der Waals surface area contributed by atoms with Gasteiger partial charge in [0.15, 0.2) is 11.5 Å². The van der Waals surface area contributed by atoms with Crippen molar-refractivity contribution in [1.82, 2.24) is 10.2 Å². The van der Waals surface area contributed by atoms with Gasteiger partial charge in [0.05, 0.1) is 6.61 Å². The van der Waals surface area contributed by atoms with Crippen LogP contribution in [0.15, 0.2) is 46.3 Å². The second-order valence-corrected chi connectivity index (χ2v) is 11.0. The number of aryl methyl sites for hydroxylation is 2. The molecule has 12 heteroatoms. The average molecular weight is 543 g/mol. The fourth-order valence-electron chi connectivity index (χ4n) is 3.21. The fourth-order valence-corrected chi connectivity index (χ4v) is 4.72. The van der Waals surface area contributed by atoms with E-state index in [9.17, 15) is 18.5 Å². The predicted octanol–water partition coefficient (Wildman–Crippen LogP) is 3.96. The third-order valence-corrected chi connectivity index (χ3v) is 7.39. The highest BCUT2D eigenvalue weighted by atomic mass is 32.2. The molecule has 194 valence electrons. The van der Waals surface area contributed by atoms with Crippen molar-refractivity contribution < 1.29 is 27.4 Å². The Labute approximate surface area is 219 Å². The Morgan fingerprint density at radius 1 is 1.08 bits per heavy atom. The van der Waals surface area contributed by atoms with Crippen molar-refractivity contribution >= 4 is 38.3 Å². The van der Waals surface area contributed by atoms with Gasteiger partial charge < -0.3 is 14.2 Å². The first-order valence-electron chi connectivity index (χ1n) is 11.2. The Balaban J connectivity index is 1.69. The number of nitrogens with zero attached hydrogens (tertiary/aromatic N) is 3. The number of ether oxygens (including phenoxy) is 3. The number of carbonyl (C=O) groups is 1. The van der Waals surface area contributed by atoms with Gasteiger partial charge in [-0.25, -0.2) is 8.42 Å². The third-order valence-electron chi connectivity index (χ3n) is 4.88. The van der Waals surface area contributed by atoms with Gasteiger partial charge in [0, 0.05) is 6.26 Å². The van der Waals surface area contributed by atoms with Gasteiger partial charge in [-0.05, 0) is 55.7 Å². The number of para-hydroxylation sites is 1. The Morgan fingerprint density at radius 3 is 2.41 bits per heavy atom. The van der Waals surface area contributed by atoms with Crippen molar-refractivity contribution in [2.45, 2.75) is 25.1 Å². The molecule has 0 unspecified atom stereocenters. The number of amides is 1. The molecule has 0 spiro atoms. The monoisotopic (exact) mass is 542 g/mol. The van der Waals surface area contributed by atoms with Gasteiger partial charge in [-0.1, -0.05) is 35.6 Å². The van der Waals surface area contributed by atoms with E-state index >= 15 is 0 Å². The Hall–Kier alpha value is -3.95. The van der Waals surface area contributed by atoms with E-state index in [4.69, 9.17) is 14.2 Å². The van der Waals surface area contributed by atoms with Crippen molar-refractivity contribution in [1.29, 1.82) is 5.26 Å². The highest BCUT2D eigenvalue weighted by Crippen LogP contribution is 2.30. The number of benzene rings is 2. The molecule has 37 heavy (non-hydrogen) atoms. The summed E-state index contributed by atoms with van der Waals surface area (Å²) in [6.45, 7) is 6.81. The third kappa shape index (κ3) is 7.52. The molecule has 0 bridgehead atoms. The zero-order chi connectivity index (χ0) is 27.0. The number of hydrogen-bond acceptors (Lipinski definition) is 10. The molecule has 1 amide bonds. The van der Waals surface area contributed by atoms with Crippen LogP contribution >= 0.6 is 11.3 Å². The summed E-state index contributed by atoms with van der Waals surface area (Å²) < 4.78 is 40.3. The lowest BCUT2D eigenvalue weighted by Gasteiger charge is -2.15. The maximum Gasteiger partial charge on any atom is 0.268 e. The molecular formula is C25H26N4O6S2. The molecule has 1 N–H and O–H groups in total. The maximum atomic E-state index is 12.5. The quantitative estimate of drug-likeness (QED) is 0.165. The Kier molecular flexibility index (Phi) is 9.21. The summed E-state index contributed by atoms with van der Waals surface area (Å²) in [5, 5.41) is 19.0. The molecular weight excluding hydrogens is 516 g/mol. The summed E-state index contributed by atoms with van der Waals surface area (Å²) >= 11 is 0.697. The van der Waals surface area contributed by atoms with Crippen molar-refractivity contribution in [3.8, 4) is 23.3 Å². The SMILES string of the molecule is CCOc1cc(/C=C(/C#N)C(=O)Nc2nnc(S(C)(=O)=O)s2)ccc1OCCOc1c(C)cccc1C. The van der Waals surface area contributed by atoms with Crippen molar-refractivity contribution in [3.63, 3.8) is 0 Å². The second kappa shape index (κ2) is 12.3. The summed E-state index contributed by atoms with van der Waals surface area (Å²) in [6, 6.07) is 12.8. The van der Waals surface area contributed by atoms with Crippen LogP contribution in [0.1, 0.15) is 23.6 Å². The minimum absolute atomic E-state index is 0.0339. The van der Waals surface area contributed by atoms with Crippen LogP contribution in [0.2, 0.25) is 0 Å². The Morgan fingerprint density at radius 2 is 1.78 bits per heavy atom. The predicted molar refractivity (Wildman–Crippen MR) is 140 cm³/mol. The number of hydrogen-bond donors (Lipinski definition) is 1. The van der Waals surface area contributed by atoms with Crippen LogP contribution in [0, 0.1) is 25.2 Å². The van der Waals surface area contributed by atoms with Crippen LogP contribution in [0.3, 0.4) is 0 Å². The zero-order valence-electron chi connectivity index (χ0n) is 20.8. The van der Waals surface area contributed by atoms with Gasteiger partial charge in [0.2, 0.25) is 19.3 Å². The van der Waals surface area contributed by atoms with E-state index in [-0.39, 0.29) is 21.7 Å². The molecule has 0 fully saturated rings. The molecule has 0 aliphatic rings. The number of nitriles is 1. The molecule has 0 aliphatic carbocycles. The first-order chi connectivity index (χ1) is 17.6. The lowest BCUT2D eigenvalue weighted by atomic mass is 10.1. The first-order valence-corrected chi connectivity index (χ1v) is 13.9. The summed E-state index contributed by atoms with van der Waals surface area (Å²) in [5.74, 6) is 1.03. The summed E-state index contributed by atoms with van der Waals surface area (Å²) in [7, 11) is -3.55. The first kappa shape index (κ1) is 27.6. The van der Waals surface area contributed by atoms with Gasteiger partial charge in [0.25, 0.3) is 5.91 Å². The number of sulfone groups is 1. The highest BCUT2D eigenvalue weighted by Gasteiger charge is 2.18. The second-order valence-electron chi connectivity index (χ2n) is 7.83. The van der Waals surface area contributed by atoms with E-state index in [2.05, 4.69) is 15.5 Å². The zero-order valence-corrected chi connectivity index (χ0v) is 22.4. The average Bonchev–Trinajstić information content (AvgIpc) is 3.32. The normalized spacial score (nSPS) is 11.5. The van der Waals surface area contributed by atoms with Crippen LogP contribution in [0.5, 0.6) is 17.2 Å². The molecule has 3 aromatic rings. The molecule has 0 saturated carbocycles. The number of nitrogens with one attached hydrogen (secondary N) is 1. The molecule has 10 nitrogen and oxygen atoms in total. The van der Waals surface area contributed by atoms with E-state index in [0.717, 1.165) is 23.1 Å². The van der Waals surface area contributed by atoms with Crippen molar-refractivity contribution in [3.05, 3.63) is 58.7 Å². The Bertz CT molecular complexity index is 1440. The lowest BCUT2D eigenvalue weighted by Crippen LogP contribution is -2.13. The van der Waals surface area contributed by atoms with Gasteiger partial charge in [-0.15, -0.1) is 10.2 Å². The van der Waals surface area contributed by atoms with E-state index < -0.39 is 15.7 Å². The molecule has 1 aromatic heterocycles. The van der Waals surface area contributed by atoms with E-state index in [1.165, 1.54) is 6.08 Å². The number of carbonyl (C=O) groups excluding carboxylic acids is 1. The van der Waals surface area contributed by atoms with Gasteiger partial charge in [0.1, 0.15) is 30.6 Å². The van der Waals surface area contributed by atoms with Gasteiger partial charge in [-0.3, -0.25) is 10.1 Å². The minimum atomic E-state index is -3.55. The van der Waals surface area contributed by atoms with Crippen LogP contribution in [-0.4, -0.2) is 50.6 Å². The molecule has 0 aliphatic heterocycles. The van der Waals surface area contributed by atoms with Gasteiger partial charge in [-0.2, -0.15) is 5.26 Å². The molecule has 0 saturated heterocycles. The van der Waals surface area contributed by atoms with E-state index in [1.807, 2.05) is 45.0 Å². The van der Waals surface area contributed by atoms with Crippen LogP contribution in [0.25, 0.3) is 6.08 Å². The topological polar surface area (TPSA) is 140 Å². The molecule has 1 heterocycles. The van der Waals surface area contributed by atoms with Crippen molar-refractivity contribution in [2.24, 2.45) is 0 Å². The van der Waals surface area contributed by atoms with Crippen molar-refractivity contribution in [2.75, 3.05) is 31.4 Å². The summed E-state index contributed by atoms with van der Waals surface area (Å²) in [5.41, 5.74) is 2.41. The smallest absolute Gasteiger partial charge is 0.268 e. The number of rotatable bonds is 11. The van der Waals surface area contributed by atoms with Crippen LogP contribution in [0.4, 0.5) is 5.13 Å². The standard InChI is InChI=1S/C25H26N4O6S2/c1-5-33-21-14-18(9-10-20(21)34-11-12-35-22-16(2)7-6-8-17(22)3)13-19(15-26)23(30)27-24-28-29-25(36-24)37(4,31)32/h6-10,13-14H,5,11-12H2,1-4H3,(H,27,28,30)/b19-13-. The van der Waals surface area contributed by atoms with E-state index in [0.29, 0.717) is 41.6 Å². The fraction of sp³-hybridized carbons (Fsp3) is 0.280. The highest BCUT2D eigenvalue weighted by molar-refractivity contribution is 7.92. The van der Waals surface area contributed by atoms with E-state index in [1.54, 1.807) is 18.2 Å². The lowest BCUT2D eigenvalue weighted by molar-refractivity contribution is -0.112. The molecule has 0 atom stereocenters. The molecule has 2 aromatic carbocycles. The summed E-state index contributed by atoms with van der Waals surface area (Å²) in [4.78, 5) is 12.5. The number of aromatic nitrogens is 2. The maximum absolute atomic E-state index is 12.5. The largest absolute Gasteiger partial charge is 0.490 e. The van der Waals surface area contributed by atoms with Crippen LogP contribution in [-0.2, 0) is 14.6 Å². The van der Waals surface area contributed by atoms with Crippen LogP contribution < -0.4 is 19.5 Å². The summed E-state index contributed by atoms with van der Waals surface area (Å²) in [6.07, 6.45) is 2.37.